The lowest BCUT2D eigenvalue weighted by Gasteiger charge is -2.29. The quantitative estimate of drug-likeness (QED) is 0.260. The maximum Gasteiger partial charge on any atom is 0.254 e. The average molecular weight is 569 g/mol. The lowest BCUT2D eigenvalue weighted by atomic mass is 10.1. The number of hydrogen-bond donors (Lipinski definition) is 0. The fourth-order valence-corrected chi connectivity index (χ4v) is 4.49. The number of rotatable bonds is 15. The average Bonchev–Trinajstić information content (AvgIpc) is 3.50. The summed E-state index contributed by atoms with van der Waals surface area (Å²) in [6.07, 6.45) is 2.14. The van der Waals surface area contributed by atoms with E-state index in [0.29, 0.717) is 59.6 Å². The van der Waals surface area contributed by atoms with Gasteiger partial charge in [-0.3, -0.25) is 9.59 Å². The van der Waals surface area contributed by atoms with Gasteiger partial charge in [-0.15, -0.1) is 0 Å². The highest BCUT2D eigenvalue weighted by molar-refractivity contribution is 5.97. The molecule has 3 rings (SSSR count). The van der Waals surface area contributed by atoms with Gasteiger partial charge in [-0.2, -0.15) is 0 Å². The molecule has 1 aromatic heterocycles. The Bertz CT molecular complexity index is 1260. The van der Waals surface area contributed by atoms with Crippen molar-refractivity contribution in [3.8, 4) is 28.7 Å². The van der Waals surface area contributed by atoms with Crippen molar-refractivity contribution in [1.29, 1.82) is 0 Å². The second-order valence-electron chi connectivity index (χ2n) is 9.83. The second-order valence-corrected chi connectivity index (χ2v) is 9.83. The van der Waals surface area contributed by atoms with Gasteiger partial charge in [0.1, 0.15) is 12.3 Å². The topological polar surface area (TPSA) is 99.9 Å². The van der Waals surface area contributed by atoms with Gasteiger partial charge in [-0.25, -0.2) is 0 Å². The van der Waals surface area contributed by atoms with Crippen LogP contribution in [0.4, 0.5) is 0 Å². The maximum absolute atomic E-state index is 13.8. The number of carbonyl (C=O) groups is 2. The van der Waals surface area contributed by atoms with Crippen molar-refractivity contribution in [2.75, 3.05) is 55.2 Å². The van der Waals surface area contributed by atoms with Crippen molar-refractivity contribution in [1.82, 2.24) is 9.80 Å². The number of furan rings is 1. The molecule has 0 unspecified atom stereocenters. The van der Waals surface area contributed by atoms with Gasteiger partial charge in [0, 0.05) is 18.7 Å². The third-order valence-corrected chi connectivity index (χ3v) is 6.51. The Kier molecular flexibility index (Phi) is 11.3. The largest absolute Gasteiger partial charge is 0.493 e. The van der Waals surface area contributed by atoms with Crippen LogP contribution >= 0.6 is 0 Å². The van der Waals surface area contributed by atoms with Crippen molar-refractivity contribution < 1.29 is 37.7 Å². The Hall–Kier alpha value is -4.34. The summed E-state index contributed by atoms with van der Waals surface area (Å²) in [5.41, 5.74) is 1.31. The number of nitrogens with zero attached hydrogens (tertiary/aromatic N) is 2. The second kappa shape index (κ2) is 14.9. The van der Waals surface area contributed by atoms with Gasteiger partial charge in [0.2, 0.25) is 11.7 Å². The number of benzene rings is 2. The summed E-state index contributed by atoms with van der Waals surface area (Å²) in [6, 6.07) is 12.5. The van der Waals surface area contributed by atoms with E-state index in [1.807, 2.05) is 38.1 Å². The van der Waals surface area contributed by atoms with Crippen molar-refractivity contribution in [2.45, 2.75) is 26.8 Å². The first-order chi connectivity index (χ1) is 19.7. The molecule has 0 aliphatic carbocycles. The molecule has 0 fully saturated rings. The van der Waals surface area contributed by atoms with Gasteiger partial charge in [0.25, 0.3) is 5.91 Å². The Balaban J connectivity index is 1.86. The van der Waals surface area contributed by atoms with Crippen LogP contribution in [0.2, 0.25) is 0 Å². The van der Waals surface area contributed by atoms with Crippen molar-refractivity contribution in [3.05, 3.63) is 65.6 Å². The predicted octanol–water partition coefficient (Wildman–Crippen LogP) is 4.69. The molecule has 1 heterocycles. The Morgan fingerprint density at radius 2 is 1.46 bits per heavy atom. The van der Waals surface area contributed by atoms with Crippen LogP contribution in [0, 0.1) is 5.92 Å². The predicted molar refractivity (Wildman–Crippen MR) is 154 cm³/mol. The van der Waals surface area contributed by atoms with Gasteiger partial charge >= 0.3 is 0 Å². The van der Waals surface area contributed by atoms with E-state index in [9.17, 15) is 9.59 Å². The molecule has 2 amide bonds. The SMILES string of the molecule is COc1ccc(CCN(Cc2ccco2)C(=O)CN(CC(C)C)C(=O)c2cc(OC)c(OC)c(OC)c2)cc1OC. The van der Waals surface area contributed by atoms with E-state index < -0.39 is 0 Å². The van der Waals surface area contributed by atoms with Gasteiger partial charge in [-0.1, -0.05) is 19.9 Å². The molecule has 0 atom stereocenters. The van der Waals surface area contributed by atoms with Crippen LogP contribution in [0.3, 0.4) is 0 Å². The minimum atomic E-state index is -0.316. The van der Waals surface area contributed by atoms with Gasteiger partial charge in [0.05, 0.1) is 48.4 Å². The van der Waals surface area contributed by atoms with Crippen LogP contribution in [-0.2, 0) is 17.8 Å². The number of hydrogen-bond acceptors (Lipinski definition) is 8. The molecule has 0 saturated heterocycles. The number of methoxy groups -OCH3 is 5. The molecule has 0 aliphatic rings. The first-order valence-electron chi connectivity index (χ1n) is 13.3. The van der Waals surface area contributed by atoms with Crippen LogP contribution in [0.25, 0.3) is 0 Å². The van der Waals surface area contributed by atoms with E-state index in [1.165, 1.54) is 21.3 Å². The molecule has 0 radical (unpaired) electrons. The smallest absolute Gasteiger partial charge is 0.254 e. The minimum absolute atomic E-state index is 0.111. The molecule has 222 valence electrons. The molecule has 10 heteroatoms. The molecule has 3 aromatic rings. The lowest BCUT2D eigenvalue weighted by Crippen LogP contribution is -2.44. The first kappa shape index (κ1) is 31.2. The zero-order valence-corrected chi connectivity index (χ0v) is 24.9. The summed E-state index contributed by atoms with van der Waals surface area (Å²) < 4.78 is 32.6. The molecule has 10 nitrogen and oxygen atoms in total. The molecular formula is C31H40N2O8. The van der Waals surface area contributed by atoms with Crippen molar-refractivity contribution in [2.24, 2.45) is 5.92 Å². The van der Waals surface area contributed by atoms with E-state index in [1.54, 1.807) is 48.5 Å². The van der Waals surface area contributed by atoms with E-state index >= 15 is 0 Å². The Labute approximate surface area is 241 Å². The minimum Gasteiger partial charge on any atom is -0.493 e. The zero-order chi connectivity index (χ0) is 29.9. The summed E-state index contributed by atoms with van der Waals surface area (Å²) in [5, 5.41) is 0. The summed E-state index contributed by atoms with van der Waals surface area (Å²) in [6.45, 7) is 4.94. The maximum atomic E-state index is 13.8. The van der Waals surface area contributed by atoms with Crippen LogP contribution in [0.5, 0.6) is 28.7 Å². The summed E-state index contributed by atoms with van der Waals surface area (Å²) in [5.74, 6) is 2.62. The summed E-state index contributed by atoms with van der Waals surface area (Å²) in [7, 11) is 7.66. The third kappa shape index (κ3) is 8.09. The number of ether oxygens (including phenoxy) is 5. The fraction of sp³-hybridized carbons (Fsp3) is 0.419. The van der Waals surface area contributed by atoms with Crippen molar-refractivity contribution >= 4 is 11.8 Å². The van der Waals surface area contributed by atoms with Crippen LogP contribution in [0.15, 0.2) is 53.1 Å². The molecule has 0 bridgehead atoms. The molecular weight excluding hydrogens is 528 g/mol. The summed E-state index contributed by atoms with van der Waals surface area (Å²) >= 11 is 0. The third-order valence-electron chi connectivity index (χ3n) is 6.51. The molecule has 2 aromatic carbocycles. The van der Waals surface area contributed by atoms with E-state index in [-0.39, 0.29) is 30.8 Å². The van der Waals surface area contributed by atoms with Gasteiger partial charge in [-0.05, 0) is 54.3 Å². The standard InChI is InChI=1S/C31H40N2O8/c1-21(2)18-33(31(35)23-16-27(38-5)30(40-7)28(17-23)39-6)20-29(34)32(19-24-9-8-14-41-24)13-12-22-10-11-25(36-3)26(15-22)37-4/h8-11,14-17,21H,12-13,18-20H2,1-7H3. The van der Waals surface area contributed by atoms with E-state index in [4.69, 9.17) is 28.1 Å². The van der Waals surface area contributed by atoms with E-state index in [0.717, 1.165) is 5.56 Å². The lowest BCUT2D eigenvalue weighted by molar-refractivity contribution is -0.132. The Morgan fingerprint density at radius 3 is 2.00 bits per heavy atom. The van der Waals surface area contributed by atoms with Crippen LogP contribution < -0.4 is 23.7 Å². The molecule has 0 aliphatic heterocycles. The summed E-state index contributed by atoms with van der Waals surface area (Å²) in [4.78, 5) is 30.8. The van der Waals surface area contributed by atoms with Gasteiger partial charge in [0.15, 0.2) is 23.0 Å². The van der Waals surface area contributed by atoms with Crippen molar-refractivity contribution in [3.63, 3.8) is 0 Å². The normalized spacial score (nSPS) is 10.7. The molecule has 0 spiro atoms. The molecule has 41 heavy (non-hydrogen) atoms. The zero-order valence-electron chi connectivity index (χ0n) is 24.9. The highest BCUT2D eigenvalue weighted by Crippen LogP contribution is 2.38. The highest BCUT2D eigenvalue weighted by atomic mass is 16.5. The number of carbonyl (C=O) groups excluding carboxylic acids is 2. The monoisotopic (exact) mass is 568 g/mol. The molecule has 0 N–H and O–H groups in total. The fourth-order valence-electron chi connectivity index (χ4n) is 4.49. The number of amides is 2. The first-order valence-corrected chi connectivity index (χ1v) is 13.3. The van der Waals surface area contributed by atoms with Gasteiger partial charge < -0.3 is 37.9 Å². The van der Waals surface area contributed by atoms with Crippen LogP contribution in [-0.4, -0.2) is 76.8 Å². The Morgan fingerprint density at radius 1 is 0.805 bits per heavy atom. The van der Waals surface area contributed by atoms with Crippen LogP contribution in [0.1, 0.15) is 35.5 Å². The van der Waals surface area contributed by atoms with E-state index in [2.05, 4.69) is 0 Å². The molecule has 0 saturated carbocycles. The highest BCUT2D eigenvalue weighted by Gasteiger charge is 2.26.